The average molecular weight is 450 g/mol. The van der Waals surface area contributed by atoms with Gasteiger partial charge in [0.1, 0.15) is 11.6 Å². The molecular formula is C25H31N5O3. The van der Waals surface area contributed by atoms with E-state index in [2.05, 4.69) is 23.2 Å². The number of nitrogens with zero attached hydrogens (tertiary/aromatic N) is 4. The molecule has 5 rings (SSSR count). The molecule has 3 aliphatic heterocycles. The van der Waals surface area contributed by atoms with Crippen LogP contribution in [0.1, 0.15) is 31.2 Å². The number of benzene rings is 1. The molecule has 1 aromatic carbocycles. The highest BCUT2D eigenvalue weighted by molar-refractivity contribution is 5.95. The van der Waals surface area contributed by atoms with Gasteiger partial charge in [0.2, 0.25) is 5.91 Å². The van der Waals surface area contributed by atoms with Crippen LogP contribution in [0.4, 0.5) is 22.1 Å². The van der Waals surface area contributed by atoms with Crippen molar-refractivity contribution in [1.82, 2.24) is 9.88 Å². The molecular weight excluding hydrogens is 418 g/mol. The van der Waals surface area contributed by atoms with Crippen LogP contribution in [-0.4, -0.2) is 67.8 Å². The van der Waals surface area contributed by atoms with Crippen molar-refractivity contribution in [2.45, 2.75) is 32.6 Å². The molecule has 0 spiro atoms. The molecule has 0 saturated carbocycles. The number of carbonyl (C=O) groups excluding carboxylic acids is 2. The number of carbonyl (C=O) groups is 2. The number of anilines is 3. The van der Waals surface area contributed by atoms with Gasteiger partial charge in [0.05, 0.1) is 13.2 Å². The van der Waals surface area contributed by atoms with E-state index in [-0.39, 0.29) is 11.9 Å². The van der Waals surface area contributed by atoms with Crippen LogP contribution in [0, 0.1) is 6.92 Å². The molecule has 0 unspecified atom stereocenters. The SMILES string of the molecule is Cc1ccc(NC(=O)N2CCCC2)cc1-c1cc(N2CCOCC2)nc(N2CCCC2=O)c1. The van der Waals surface area contributed by atoms with Crippen LogP contribution < -0.4 is 15.1 Å². The number of ether oxygens (including phenoxy) is 1. The lowest BCUT2D eigenvalue weighted by Crippen LogP contribution is -2.37. The lowest BCUT2D eigenvalue weighted by Gasteiger charge is -2.29. The first-order chi connectivity index (χ1) is 16.1. The van der Waals surface area contributed by atoms with Crippen LogP contribution >= 0.6 is 0 Å². The maximum atomic E-state index is 12.6. The smallest absolute Gasteiger partial charge is 0.321 e. The molecule has 3 saturated heterocycles. The highest BCUT2D eigenvalue weighted by atomic mass is 16.5. The fraction of sp³-hybridized carbons (Fsp3) is 0.480. The van der Waals surface area contributed by atoms with E-state index < -0.39 is 0 Å². The minimum absolute atomic E-state index is 0.0469. The van der Waals surface area contributed by atoms with E-state index in [0.717, 1.165) is 73.6 Å². The van der Waals surface area contributed by atoms with Crippen molar-refractivity contribution in [3.05, 3.63) is 35.9 Å². The van der Waals surface area contributed by atoms with E-state index in [1.807, 2.05) is 29.2 Å². The Kier molecular flexibility index (Phi) is 6.17. The summed E-state index contributed by atoms with van der Waals surface area (Å²) in [5.41, 5.74) is 3.90. The molecule has 3 aliphatic rings. The van der Waals surface area contributed by atoms with Crippen molar-refractivity contribution in [3.63, 3.8) is 0 Å². The number of aromatic nitrogens is 1. The summed E-state index contributed by atoms with van der Waals surface area (Å²) in [6.45, 7) is 7.26. The Morgan fingerprint density at radius 1 is 0.970 bits per heavy atom. The molecule has 8 nitrogen and oxygen atoms in total. The molecule has 1 aromatic heterocycles. The number of hydrogen-bond donors (Lipinski definition) is 1. The third-order valence-electron chi connectivity index (χ3n) is 6.68. The molecule has 3 fully saturated rings. The molecule has 4 heterocycles. The zero-order valence-corrected chi connectivity index (χ0v) is 19.2. The lowest BCUT2D eigenvalue weighted by atomic mass is 10.00. The fourth-order valence-corrected chi connectivity index (χ4v) is 4.77. The van der Waals surface area contributed by atoms with Gasteiger partial charge in [-0.2, -0.15) is 0 Å². The van der Waals surface area contributed by atoms with Gasteiger partial charge in [-0.1, -0.05) is 6.07 Å². The minimum atomic E-state index is -0.0469. The molecule has 0 aliphatic carbocycles. The van der Waals surface area contributed by atoms with Crippen molar-refractivity contribution < 1.29 is 14.3 Å². The van der Waals surface area contributed by atoms with Crippen molar-refractivity contribution >= 4 is 29.3 Å². The number of nitrogens with one attached hydrogen (secondary N) is 1. The van der Waals surface area contributed by atoms with Crippen LogP contribution in [0.2, 0.25) is 0 Å². The number of urea groups is 1. The summed E-state index contributed by atoms with van der Waals surface area (Å²) in [6, 6.07) is 10.0. The van der Waals surface area contributed by atoms with Crippen molar-refractivity contribution in [2.24, 2.45) is 0 Å². The number of pyridine rings is 1. The Hall–Kier alpha value is -3.13. The second-order valence-corrected chi connectivity index (χ2v) is 8.97. The second kappa shape index (κ2) is 9.39. The van der Waals surface area contributed by atoms with E-state index >= 15 is 0 Å². The van der Waals surface area contributed by atoms with Gasteiger partial charge in [-0.05, 0) is 67.1 Å². The maximum Gasteiger partial charge on any atom is 0.321 e. The Bertz CT molecular complexity index is 1040. The largest absolute Gasteiger partial charge is 0.378 e. The zero-order chi connectivity index (χ0) is 22.8. The highest BCUT2D eigenvalue weighted by Gasteiger charge is 2.25. The maximum absolute atomic E-state index is 12.6. The number of rotatable bonds is 4. The van der Waals surface area contributed by atoms with Gasteiger partial charge in [0, 0.05) is 44.8 Å². The Morgan fingerprint density at radius 2 is 1.73 bits per heavy atom. The van der Waals surface area contributed by atoms with Crippen LogP contribution in [0.15, 0.2) is 30.3 Å². The van der Waals surface area contributed by atoms with Crippen LogP contribution in [0.3, 0.4) is 0 Å². The monoisotopic (exact) mass is 449 g/mol. The number of amides is 3. The fourth-order valence-electron chi connectivity index (χ4n) is 4.77. The van der Waals surface area contributed by atoms with Gasteiger partial charge in [-0.25, -0.2) is 9.78 Å². The van der Waals surface area contributed by atoms with E-state index in [1.165, 1.54) is 0 Å². The van der Waals surface area contributed by atoms with Crippen LogP contribution in [0.25, 0.3) is 11.1 Å². The minimum Gasteiger partial charge on any atom is -0.378 e. The van der Waals surface area contributed by atoms with Crippen LogP contribution in [-0.2, 0) is 9.53 Å². The summed E-state index contributed by atoms with van der Waals surface area (Å²) in [7, 11) is 0. The second-order valence-electron chi connectivity index (χ2n) is 8.97. The lowest BCUT2D eigenvalue weighted by molar-refractivity contribution is -0.117. The molecule has 0 radical (unpaired) electrons. The van der Waals surface area contributed by atoms with Gasteiger partial charge in [0.25, 0.3) is 0 Å². The number of morpholine rings is 1. The van der Waals surface area contributed by atoms with Gasteiger partial charge in [-0.15, -0.1) is 0 Å². The molecule has 0 atom stereocenters. The quantitative estimate of drug-likeness (QED) is 0.771. The number of aryl methyl sites for hydroxylation is 1. The predicted molar refractivity (Wildman–Crippen MR) is 129 cm³/mol. The van der Waals surface area contributed by atoms with Gasteiger partial charge in [-0.3, -0.25) is 9.69 Å². The van der Waals surface area contributed by atoms with E-state index in [0.29, 0.717) is 32.0 Å². The normalized spacial score (nSPS) is 18.8. The van der Waals surface area contributed by atoms with Crippen LogP contribution in [0.5, 0.6) is 0 Å². The summed E-state index contributed by atoms with van der Waals surface area (Å²) in [4.78, 5) is 35.8. The standard InChI is InChI=1S/C25H31N5O3/c1-18-6-7-20(26-25(32)29-8-2-3-9-29)17-21(18)19-15-22(28-11-13-33-14-12-28)27-23(16-19)30-10-4-5-24(30)31/h6-7,15-17H,2-5,8-14H2,1H3,(H,26,32). The van der Waals surface area contributed by atoms with Crippen molar-refractivity contribution in [2.75, 3.05) is 61.1 Å². The molecule has 33 heavy (non-hydrogen) atoms. The molecule has 0 bridgehead atoms. The average Bonchev–Trinajstić information content (AvgIpc) is 3.53. The summed E-state index contributed by atoms with van der Waals surface area (Å²) in [5, 5.41) is 3.06. The van der Waals surface area contributed by atoms with Crippen molar-refractivity contribution in [3.8, 4) is 11.1 Å². The zero-order valence-electron chi connectivity index (χ0n) is 19.2. The summed E-state index contributed by atoms with van der Waals surface area (Å²) in [6.07, 6.45) is 3.54. The first kappa shape index (κ1) is 21.7. The van der Waals surface area contributed by atoms with E-state index in [9.17, 15) is 9.59 Å². The van der Waals surface area contributed by atoms with Gasteiger partial charge >= 0.3 is 6.03 Å². The molecule has 8 heteroatoms. The van der Waals surface area contributed by atoms with Gasteiger partial charge in [0.15, 0.2) is 0 Å². The topological polar surface area (TPSA) is 78.0 Å². The van der Waals surface area contributed by atoms with E-state index in [4.69, 9.17) is 9.72 Å². The van der Waals surface area contributed by atoms with E-state index in [1.54, 1.807) is 4.90 Å². The molecule has 1 N–H and O–H groups in total. The molecule has 3 amide bonds. The van der Waals surface area contributed by atoms with Gasteiger partial charge < -0.3 is 19.9 Å². The Labute approximate surface area is 194 Å². The Morgan fingerprint density at radius 3 is 2.45 bits per heavy atom. The Balaban J connectivity index is 1.50. The third kappa shape index (κ3) is 4.66. The predicted octanol–water partition coefficient (Wildman–Crippen LogP) is 3.65. The highest BCUT2D eigenvalue weighted by Crippen LogP contribution is 2.33. The molecule has 2 aromatic rings. The first-order valence-electron chi connectivity index (χ1n) is 11.9. The summed E-state index contributed by atoms with van der Waals surface area (Å²) < 4.78 is 5.52. The molecule has 174 valence electrons. The summed E-state index contributed by atoms with van der Waals surface area (Å²) in [5.74, 6) is 1.68. The number of hydrogen-bond acceptors (Lipinski definition) is 5. The summed E-state index contributed by atoms with van der Waals surface area (Å²) >= 11 is 0. The first-order valence-corrected chi connectivity index (χ1v) is 11.9. The third-order valence-corrected chi connectivity index (χ3v) is 6.68. The number of likely N-dealkylation sites (tertiary alicyclic amines) is 1. The van der Waals surface area contributed by atoms with Crippen molar-refractivity contribution in [1.29, 1.82) is 0 Å².